The number of hydrogen-bond acceptors (Lipinski definition) is 2. The van der Waals surface area contributed by atoms with Gasteiger partial charge in [0.25, 0.3) is 0 Å². The molecule has 0 bridgehead atoms. The molecule has 0 fully saturated rings. The summed E-state index contributed by atoms with van der Waals surface area (Å²) in [5.74, 6) is 1.81. The molecule has 2 nitrogen and oxygen atoms in total. The van der Waals surface area contributed by atoms with Crippen molar-refractivity contribution in [2.45, 2.75) is 27.3 Å². The van der Waals surface area contributed by atoms with Gasteiger partial charge < -0.3 is 9.64 Å². The normalized spacial score (nSPS) is 14.9. The lowest BCUT2D eigenvalue weighted by atomic mass is 10.1. The van der Waals surface area contributed by atoms with Gasteiger partial charge in [0.05, 0.1) is 0 Å². The standard InChI is InChI=1S/C20H25NO/c1-15(2)19-12-16(3)22-20(13-19)11-10-17-6-8-18(9-7-17)14-21(4)5/h6-13H,14H2,1-5H3/b11-10-. The quantitative estimate of drug-likeness (QED) is 0.782. The molecule has 1 aromatic rings. The number of rotatable bonds is 4. The Balaban J connectivity index is 2.10. The van der Waals surface area contributed by atoms with E-state index in [-0.39, 0.29) is 0 Å². The number of nitrogens with zero attached hydrogens (tertiary/aromatic N) is 1. The van der Waals surface area contributed by atoms with Crippen LogP contribution in [0.5, 0.6) is 0 Å². The Bertz CT molecular complexity index is 639. The zero-order valence-corrected chi connectivity index (χ0v) is 14.2. The molecule has 0 atom stereocenters. The fraction of sp³-hybridized carbons (Fsp3) is 0.300. The van der Waals surface area contributed by atoms with Crippen LogP contribution in [-0.2, 0) is 11.3 Å². The van der Waals surface area contributed by atoms with Gasteiger partial charge >= 0.3 is 0 Å². The van der Waals surface area contributed by atoms with E-state index in [0.717, 1.165) is 18.1 Å². The topological polar surface area (TPSA) is 12.5 Å². The molecule has 0 aromatic heterocycles. The summed E-state index contributed by atoms with van der Waals surface area (Å²) in [5, 5.41) is 0. The van der Waals surface area contributed by atoms with Crippen LogP contribution in [0.2, 0.25) is 0 Å². The fourth-order valence-corrected chi connectivity index (χ4v) is 2.31. The highest BCUT2D eigenvalue weighted by Gasteiger charge is 2.06. The molecule has 1 aliphatic rings. The SMILES string of the molecule is CC1=CC(=C(C)C)C=C(/C=C\c2ccc(CN(C)C)cc2)O1. The molecule has 0 radical (unpaired) electrons. The van der Waals surface area contributed by atoms with E-state index in [1.165, 1.54) is 22.3 Å². The maximum Gasteiger partial charge on any atom is 0.127 e. The third kappa shape index (κ3) is 4.74. The van der Waals surface area contributed by atoms with Gasteiger partial charge in [-0.05, 0) is 69.8 Å². The molecule has 0 aliphatic carbocycles. The second-order valence-electron chi connectivity index (χ2n) is 6.17. The molecule has 0 N–H and O–H groups in total. The Morgan fingerprint density at radius 2 is 1.73 bits per heavy atom. The van der Waals surface area contributed by atoms with Gasteiger partial charge in [-0.2, -0.15) is 0 Å². The zero-order chi connectivity index (χ0) is 16.1. The van der Waals surface area contributed by atoms with Crippen LogP contribution in [0.25, 0.3) is 6.08 Å². The fourth-order valence-electron chi connectivity index (χ4n) is 2.31. The van der Waals surface area contributed by atoms with E-state index in [0.29, 0.717) is 0 Å². The zero-order valence-electron chi connectivity index (χ0n) is 14.2. The van der Waals surface area contributed by atoms with E-state index >= 15 is 0 Å². The predicted molar refractivity (Wildman–Crippen MR) is 94.2 cm³/mol. The van der Waals surface area contributed by atoms with Crippen molar-refractivity contribution in [1.82, 2.24) is 4.90 Å². The van der Waals surface area contributed by atoms with Crippen LogP contribution >= 0.6 is 0 Å². The Hall–Kier alpha value is -2.06. The number of hydrogen-bond donors (Lipinski definition) is 0. The molecule has 2 heteroatoms. The first-order valence-corrected chi connectivity index (χ1v) is 7.61. The average molecular weight is 295 g/mol. The van der Waals surface area contributed by atoms with Crippen LogP contribution in [0.1, 0.15) is 31.9 Å². The first-order valence-electron chi connectivity index (χ1n) is 7.61. The molecule has 0 amide bonds. The highest BCUT2D eigenvalue weighted by molar-refractivity contribution is 5.54. The molecule has 1 aliphatic heterocycles. The monoisotopic (exact) mass is 295 g/mol. The molecule has 0 saturated heterocycles. The molecular weight excluding hydrogens is 270 g/mol. The third-order valence-electron chi connectivity index (χ3n) is 3.43. The number of allylic oxidation sites excluding steroid dienone is 6. The van der Waals surface area contributed by atoms with E-state index in [1.54, 1.807) is 0 Å². The minimum absolute atomic E-state index is 0.883. The Morgan fingerprint density at radius 3 is 2.32 bits per heavy atom. The van der Waals surface area contributed by atoms with Crippen molar-refractivity contribution in [2.75, 3.05) is 14.1 Å². The number of ether oxygens (including phenoxy) is 1. The van der Waals surface area contributed by atoms with Crippen molar-refractivity contribution in [1.29, 1.82) is 0 Å². The minimum atomic E-state index is 0.883. The first kappa shape index (κ1) is 16.3. The lowest BCUT2D eigenvalue weighted by molar-refractivity contribution is 0.318. The molecule has 116 valence electrons. The van der Waals surface area contributed by atoms with Gasteiger partial charge in [-0.15, -0.1) is 0 Å². The van der Waals surface area contributed by atoms with Crippen LogP contribution < -0.4 is 0 Å². The van der Waals surface area contributed by atoms with Gasteiger partial charge in [-0.25, -0.2) is 0 Å². The summed E-state index contributed by atoms with van der Waals surface area (Å²) >= 11 is 0. The minimum Gasteiger partial charge on any atom is -0.462 e. The van der Waals surface area contributed by atoms with Gasteiger partial charge in [0.15, 0.2) is 0 Å². The molecule has 22 heavy (non-hydrogen) atoms. The van der Waals surface area contributed by atoms with Crippen molar-refractivity contribution in [2.24, 2.45) is 0 Å². The van der Waals surface area contributed by atoms with Crippen molar-refractivity contribution in [3.8, 4) is 0 Å². The maximum absolute atomic E-state index is 5.76. The largest absolute Gasteiger partial charge is 0.462 e. The molecule has 0 spiro atoms. The average Bonchev–Trinajstić information content (AvgIpc) is 2.45. The Labute approximate surface area is 134 Å². The maximum atomic E-state index is 5.76. The lowest BCUT2D eigenvalue weighted by Crippen LogP contribution is -2.10. The van der Waals surface area contributed by atoms with Crippen LogP contribution in [0.15, 0.2) is 65.2 Å². The van der Waals surface area contributed by atoms with Crippen LogP contribution in [0.4, 0.5) is 0 Å². The molecule has 2 rings (SSSR count). The van der Waals surface area contributed by atoms with Crippen LogP contribution in [-0.4, -0.2) is 19.0 Å². The second kappa shape index (κ2) is 7.28. The van der Waals surface area contributed by atoms with Crippen molar-refractivity contribution in [3.63, 3.8) is 0 Å². The van der Waals surface area contributed by atoms with Gasteiger partial charge in [0.1, 0.15) is 11.5 Å². The summed E-state index contributed by atoms with van der Waals surface area (Å²) in [4.78, 5) is 2.17. The number of benzene rings is 1. The van der Waals surface area contributed by atoms with Crippen LogP contribution in [0.3, 0.4) is 0 Å². The van der Waals surface area contributed by atoms with Crippen molar-refractivity contribution >= 4 is 6.08 Å². The first-order chi connectivity index (χ1) is 10.4. The van der Waals surface area contributed by atoms with Crippen molar-refractivity contribution < 1.29 is 4.74 Å². The highest BCUT2D eigenvalue weighted by atomic mass is 16.5. The van der Waals surface area contributed by atoms with Gasteiger partial charge in [0.2, 0.25) is 0 Å². The summed E-state index contributed by atoms with van der Waals surface area (Å²) in [6.07, 6.45) is 8.27. The van der Waals surface area contributed by atoms with Gasteiger partial charge in [-0.1, -0.05) is 35.9 Å². The van der Waals surface area contributed by atoms with E-state index < -0.39 is 0 Å². The Kier molecular flexibility index (Phi) is 5.40. The van der Waals surface area contributed by atoms with E-state index in [1.807, 2.05) is 13.0 Å². The molecular formula is C20H25NO. The summed E-state index contributed by atoms with van der Waals surface area (Å²) in [7, 11) is 4.16. The summed E-state index contributed by atoms with van der Waals surface area (Å²) in [6, 6.07) is 8.62. The summed E-state index contributed by atoms with van der Waals surface area (Å²) in [5.41, 5.74) is 5.02. The highest BCUT2D eigenvalue weighted by Crippen LogP contribution is 2.22. The lowest BCUT2D eigenvalue weighted by Gasteiger charge is -2.14. The smallest absolute Gasteiger partial charge is 0.127 e. The summed E-state index contributed by atoms with van der Waals surface area (Å²) in [6.45, 7) is 7.18. The predicted octanol–water partition coefficient (Wildman–Crippen LogP) is 4.92. The van der Waals surface area contributed by atoms with E-state index in [9.17, 15) is 0 Å². The van der Waals surface area contributed by atoms with Crippen molar-refractivity contribution in [3.05, 3.63) is 76.3 Å². The second-order valence-corrected chi connectivity index (χ2v) is 6.17. The van der Waals surface area contributed by atoms with Crippen LogP contribution in [0, 0.1) is 0 Å². The molecule has 1 aromatic carbocycles. The molecule has 1 heterocycles. The van der Waals surface area contributed by atoms with Gasteiger partial charge in [0, 0.05) is 6.54 Å². The van der Waals surface area contributed by atoms with E-state index in [2.05, 4.69) is 75.3 Å². The van der Waals surface area contributed by atoms with Gasteiger partial charge in [-0.3, -0.25) is 0 Å². The summed E-state index contributed by atoms with van der Waals surface area (Å²) < 4.78 is 5.76. The third-order valence-corrected chi connectivity index (χ3v) is 3.43. The molecule has 0 saturated carbocycles. The Morgan fingerprint density at radius 1 is 1.05 bits per heavy atom. The van der Waals surface area contributed by atoms with E-state index in [4.69, 9.17) is 4.74 Å². The molecule has 0 unspecified atom stereocenters.